The van der Waals surface area contributed by atoms with E-state index in [0.717, 1.165) is 6.07 Å². The van der Waals surface area contributed by atoms with Crippen LogP contribution in [0.25, 0.3) is 0 Å². The van der Waals surface area contributed by atoms with Crippen molar-refractivity contribution in [3.05, 3.63) is 28.0 Å². The number of nitrogens with zero attached hydrogens (tertiary/aromatic N) is 1. The quantitative estimate of drug-likeness (QED) is 0.615. The third-order valence-electron chi connectivity index (χ3n) is 0.855. The summed E-state index contributed by atoms with van der Waals surface area (Å²) in [5, 5.41) is 0. The van der Waals surface area contributed by atoms with Gasteiger partial charge in [0.1, 0.15) is 0 Å². The Morgan fingerprint density at radius 1 is 1.67 bits per heavy atom. The average molecular weight is 192 g/mol. The minimum Gasteiger partial charge on any atom is -0.260 e. The number of rotatable bonds is 0. The van der Waals surface area contributed by atoms with E-state index in [0.29, 0.717) is 0 Å². The van der Waals surface area contributed by atoms with Crippen molar-refractivity contribution in [1.82, 2.24) is 4.98 Å². The SMILES string of the molecule is [2H]C([2H])([2H])c1cc(C([2H])([2H])[2H])c(Br)cn1. The Hall–Kier alpha value is -0.370. The summed E-state index contributed by atoms with van der Waals surface area (Å²) in [4.78, 5) is 3.66. The molecule has 48 valence electrons. The fourth-order valence-electron chi connectivity index (χ4n) is 0.439. The van der Waals surface area contributed by atoms with Gasteiger partial charge in [-0.1, -0.05) is 0 Å². The van der Waals surface area contributed by atoms with E-state index in [1.807, 2.05) is 0 Å². The summed E-state index contributed by atoms with van der Waals surface area (Å²) in [6, 6.07) is 1.09. The van der Waals surface area contributed by atoms with Gasteiger partial charge in [0.25, 0.3) is 0 Å². The van der Waals surface area contributed by atoms with Gasteiger partial charge in [-0.25, -0.2) is 0 Å². The van der Waals surface area contributed by atoms with Crippen LogP contribution in [-0.4, -0.2) is 4.98 Å². The maximum Gasteiger partial charge on any atom is 0.0416 e. The Kier molecular flexibility index (Phi) is 0.647. The van der Waals surface area contributed by atoms with Gasteiger partial charge in [-0.05, 0) is 41.3 Å². The van der Waals surface area contributed by atoms with Crippen LogP contribution >= 0.6 is 15.9 Å². The van der Waals surface area contributed by atoms with Crippen molar-refractivity contribution < 1.29 is 8.22 Å². The number of aryl methyl sites for hydroxylation is 2. The van der Waals surface area contributed by atoms with Gasteiger partial charge >= 0.3 is 0 Å². The van der Waals surface area contributed by atoms with Gasteiger partial charge in [-0.2, -0.15) is 0 Å². The van der Waals surface area contributed by atoms with Crippen molar-refractivity contribution in [1.29, 1.82) is 0 Å². The Morgan fingerprint density at radius 2 is 2.56 bits per heavy atom. The molecule has 0 aliphatic heterocycles. The van der Waals surface area contributed by atoms with E-state index in [2.05, 4.69) is 20.9 Å². The second kappa shape index (κ2) is 2.48. The zero-order valence-electron chi connectivity index (χ0n) is 10.5. The molecule has 0 saturated heterocycles. The summed E-state index contributed by atoms with van der Waals surface area (Å²) in [6.45, 7) is -4.73. The van der Waals surface area contributed by atoms with Gasteiger partial charge in [-0.3, -0.25) is 4.98 Å². The molecule has 0 bridgehead atoms. The maximum atomic E-state index is 7.21. The monoisotopic (exact) mass is 191 g/mol. The standard InChI is InChI=1S/C7H8BrN/c1-5-3-6(2)9-4-7(5)8/h3-4H,1-2H3/i1D3,2D3. The Bertz CT molecular complexity index is 369. The smallest absolute Gasteiger partial charge is 0.0416 e. The predicted molar refractivity (Wildman–Crippen MR) is 41.4 cm³/mol. The number of hydrogen-bond donors (Lipinski definition) is 0. The lowest BCUT2D eigenvalue weighted by Crippen LogP contribution is -1.82. The molecule has 1 aromatic rings. The molecule has 0 aliphatic rings. The molecule has 0 spiro atoms. The van der Waals surface area contributed by atoms with Crippen LogP contribution < -0.4 is 0 Å². The Morgan fingerprint density at radius 3 is 3.22 bits per heavy atom. The molecule has 0 radical (unpaired) electrons. The summed E-state index contributed by atoms with van der Waals surface area (Å²) in [6.07, 6.45) is 1.20. The highest BCUT2D eigenvalue weighted by molar-refractivity contribution is 9.10. The molecular weight excluding hydrogens is 178 g/mol. The third kappa shape index (κ3) is 1.52. The highest BCUT2D eigenvalue weighted by Crippen LogP contribution is 2.13. The molecule has 9 heavy (non-hydrogen) atoms. The second-order valence-corrected chi connectivity index (χ2v) is 2.40. The van der Waals surface area contributed by atoms with Crippen LogP contribution in [0.5, 0.6) is 0 Å². The van der Waals surface area contributed by atoms with Gasteiger partial charge in [0.15, 0.2) is 0 Å². The molecule has 0 fully saturated rings. The summed E-state index contributed by atoms with van der Waals surface area (Å²) in [5.74, 6) is 0. The van der Waals surface area contributed by atoms with Crippen LogP contribution in [0.15, 0.2) is 16.7 Å². The highest BCUT2D eigenvalue weighted by Gasteiger charge is 1.92. The van der Waals surface area contributed by atoms with Crippen LogP contribution in [0.4, 0.5) is 0 Å². The van der Waals surface area contributed by atoms with Crippen LogP contribution in [-0.2, 0) is 0 Å². The van der Waals surface area contributed by atoms with Gasteiger partial charge in [0.2, 0.25) is 0 Å². The minimum atomic E-state index is -2.39. The van der Waals surface area contributed by atoms with Gasteiger partial charge < -0.3 is 0 Å². The molecule has 0 N–H and O–H groups in total. The van der Waals surface area contributed by atoms with Crippen molar-refractivity contribution in [2.45, 2.75) is 13.7 Å². The van der Waals surface area contributed by atoms with Gasteiger partial charge in [-0.15, -0.1) is 0 Å². The van der Waals surface area contributed by atoms with Crippen LogP contribution in [0.2, 0.25) is 0 Å². The molecule has 1 rings (SSSR count). The van der Waals surface area contributed by atoms with Crippen molar-refractivity contribution >= 4 is 15.9 Å². The number of aromatic nitrogens is 1. The molecule has 0 aromatic carbocycles. The van der Waals surface area contributed by atoms with E-state index in [9.17, 15) is 0 Å². The summed E-state index contributed by atoms with van der Waals surface area (Å²) >= 11 is 3.03. The largest absolute Gasteiger partial charge is 0.260 e. The number of pyridine rings is 1. The first-order chi connectivity index (χ1) is 6.62. The van der Waals surface area contributed by atoms with E-state index >= 15 is 0 Å². The molecule has 0 saturated carbocycles. The first kappa shape index (κ1) is 2.35. The summed E-state index contributed by atoms with van der Waals surface area (Å²) < 4.78 is 43.3. The van der Waals surface area contributed by atoms with E-state index in [4.69, 9.17) is 8.22 Å². The molecule has 1 aromatic heterocycles. The van der Waals surface area contributed by atoms with E-state index in [-0.39, 0.29) is 15.7 Å². The average Bonchev–Trinajstić information content (AvgIpc) is 2.00. The summed E-state index contributed by atoms with van der Waals surface area (Å²) in [7, 11) is 0. The van der Waals surface area contributed by atoms with Crippen molar-refractivity contribution in [3.8, 4) is 0 Å². The van der Waals surface area contributed by atoms with Crippen LogP contribution in [0.3, 0.4) is 0 Å². The molecule has 0 atom stereocenters. The fraction of sp³-hybridized carbons (Fsp3) is 0.286. The minimum absolute atomic E-state index is 0.0383. The first-order valence-electron chi connectivity index (χ1n) is 5.29. The van der Waals surface area contributed by atoms with E-state index in [1.54, 1.807) is 0 Å². The lowest BCUT2D eigenvalue weighted by molar-refractivity contribution is 1.16. The lowest BCUT2D eigenvalue weighted by atomic mass is 10.3. The zero-order chi connectivity index (χ0) is 11.9. The molecule has 0 aliphatic carbocycles. The maximum absolute atomic E-state index is 7.21. The van der Waals surface area contributed by atoms with Crippen LogP contribution in [0.1, 0.15) is 19.5 Å². The molecule has 1 heterocycles. The molecule has 0 unspecified atom stereocenters. The third-order valence-corrected chi connectivity index (χ3v) is 1.49. The summed E-state index contributed by atoms with van der Waals surface area (Å²) in [5.41, 5.74) is -0.250. The zero-order valence-corrected chi connectivity index (χ0v) is 6.07. The van der Waals surface area contributed by atoms with Crippen molar-refractivity contribution in [2.75, 3.05) is 0 Å². The Balaban J connectivity index is 3.30. The number of hydrogen-bond acceptors (Lipinski definition) is 1. The Labute approximate surface area is 71.7 Å². The molecular formula is C7H8BrN. The topological polar surface area (TPSA) is 12.9 Å². The molecule has 2 heteroatoms. The lowest BCUT2D eigenvalue weighted by Gasteiger charge is -1.95. The first-order valence-corrected chi connectivity index (χ1v) is 3.08. The van der Waals surface area contributed by atoms with Crippen LogP contribution in [0, 0.1) is 13.7 Å². The van der Waals surface area contributed by atoms with E-state index < -0.39 is 13.7 Å². The molecule has 1 nitrogen and oxygen atoms in total. The van der Waals surface area contributed by atoms with E-state index in [1.165, 1.54) is 6.20 Å². The predicted octanol–water partition coefficient (Wildman–Crippen LogP) is 2.46. The second-order valence-electron chi connectivity index (χ2n) is 1.55. The van der Waals surface area contributed by atoms with Crippen molar-refractivity contribution in [2.24, 2.45) is 0 Å². The normalized spacial score (nSPS) is 22.3. The van der Waals surface area contributed by atoms with Gasteiger partial charge in [0.05, 0.1) is 0 Å². The van der Waals surface area contributed by atoms with Crippen molar-refractivity contribution in [3.63, 3.8) is 0 Å². The number of halogens is 1. The highest BCUT2D eigenvalue weighted by atomic mass is 79.9. The fourth-order valence-corrected chi connectivity index (χ4v) is 0.656. The van der Waals surface area contributed by atoms with Gasteiger partial charge in [0, 0.05) is 24.6 Å². The molecule has 0 amide bonds.